The maximum absolute atomic E-state index is 13.1. The molecular formula is C19H15ClO4S. The van der Waals surface area contributed by atoms with Crippen LogP contribution < -0.4 is 0 Å². The summed E-state index contributed by atoms with van der Waals surface area (Å²) in [5, 5.41) is -0.662. The van der Waals surface area contributed by atoms with Crippen LogP contribution in [0.15, 0.2) is 82.3 Å². The summed E-state index contributed by atoms with van der Waals surface area (Å²) in [5.41, 5.74) is 0.463. The van der Waals surface area contributed by atoms with E-state index in [1.54, 1.807) is 42.5 Å². The van der Waals surface area contributed by atoms with Crippen molar-refractivity contribution in [1.82, 2.24) is 0 Å². The second-order valence-electron chi connectivity index (χ2n) is 5.50. The van der Waals surface area contributed by atoms with Crippen LogP contribution in [0.2, 0.25) is 5.02 Å². The third-order valence-corrected chi connectivity index (χ3v) is 6.17. The molecule has 0 unspecified atom stereocenters. The second kappa shape index (κ2) is 7.25. The summed E-state index contributed by atoms with van der Waals surface area (Å²) in [6.45, 7) is 0. The van der Waals surface area contributed by atoms with Crippen molar-refractivity contribution < 1.29 is 17.6 Å². The quantitative estimate of drug-likeness (QED) is 0.585. The first kappa shape index (κ1) is 17.5. The topological polar surface area (TPSA) is 64.3 Å². The number of benzene rings is 2. The molecule has 3 rings (SSSR count). The van der Waals surface area contributed by atoms with Crippen LogP contribution >= 0.6 is 11.6 Å². The molecule has 0 aliphatic rings. The third-order valence-electron chi connectivity index (χ3n) is 3.84. The summed E-state index contributed by atoms with van der Waals surface area (Å²) in [5.74, 6) is -0.0289. The number of hydrogen-bond donors (Lipinski definition) is 0. The standard InChI is InChI=1S/C19H15ClO4S/c20-15-8-10-16(11-9-15)25(22,23)19(18-7-4-12-24-18)13-17(21)14-5-2-1-3-6-14/h1-12,19H,13H2/t19-/m0/s1. The minimum absolute atomic E-state index is 0.0964. The maximum atomic E-state index is 13.1. The van der Waals surface area contributed by atoms with Gasteiger partial charge in [0.15, 0.2) is 15.6 Å². The molecule has 4 nitrogen and oxygen atoms in total. The predicted octanol–water partition coefficient (Wildman–Crippen LogP) is 4.72. The molecule has 25 heavy (non-hydrogen) atoms. The van der Waals surface area contributed by atoms with Gasteiger partial charge in [0.2, 0.25) is 0 Å². The van der Waals surface area contributed by atoms with Crippen molar-refractivity contribution >= 4 is 27.2 Å². The zero-order chi connectivity index (χ0) is 17.9. The molecule has 1 atom stereocenters. The second-order valence-corrected chi connectivity index (χ2v) is 8.06. The summed E-state index contributed by atoms with van der Waals surface area (Å²) in [4.78, 5) is 12.7. The number of halogens is 1. The van der Waals surface area contributed by atoms with Crippen molar-refractivity contribution in [3.63, 3.8) is 0 Å². The number of ketones is 1. The lowest BCUT2D eigenvalue weighted by atomic mass is 10.1. The lowest BCUT2D eigenvalue weighted by Gasteiger charge is -2.15. The van der Waals surface area contributed by atoms with Gasteiger partial charge < -0.3 is 4.42 Å². The molecule has 0 amide bonds. The smallest absolute Gasteiger partial charge is 0.188 e. The molecule has 3 aromatic rings. The Bertz CT molecular complexity index is 946. The highest BCUT2D eigenvalue weighted by atomic mass is 35.5. The van der Waals surface area contributed by atoms with Crippen molar-refractivity contribution in [1.29, 1.82) is 0 Å². The van der Waals surface area contributed by atoms with E-state index in [1.807, 2.05) is 0 Å². The Morgan fingerprint density at radius 2 is 1.64 bits per heavy atom. The van der Waals surface area contributed by atoms with Crippen molar-refractivity contribution in [2.45, 2.75) is 16.6 Å². The number of hydrogen-bond acceptors (Lipinski definition) is 4. The van der Waals surface area contributed by atoms with Gasteiger partial charge in [0.1, 0.15) is 11.0 Å². The first-order valence-corrected chi connectivity index (χ1v) is 9.52. The van der Waals surface area contributed by atoms with Crippen LogP contribution in [0.1, 0.15) is 27.8 Å². The van der Waals surface area contributed by atoms with Crippen LogP contribution in [-0.4, -0.2) is 14.2 Å². The van der Waals surface area contributed by atoms with Crippen LogP contribution in [-0.2, 0) is 9.84 Å². The van der Waals surface area contributed by atoms with Gasteiger partial charge in [0, 0.05) is 17.0 Å². The molecular weight excluding hydrogens is 360 g/mol. The molecule has 0 N–H and O–H groups in total. The van der Waals surface area contributed by atoms with Gasteiger partial charge >= 0.3 is 0 Å². The first-order valence-electron chi connectivity index (χ1n) is 7.59. The summed E-state index contributed by atoms with van der Waals surface area (Å²) in [6, 6.07) is 17.6. The predicted molar refractivity (Wildman–Crippen MR) is 95.5 cm³/mol. The van der Waals surface area contributed by atoms with Gasteiger partial charge in [-0.05, 0) is 36.4 Å². The highest BCUT2D eigenvalue weighted by molar-refractivity contribution is 7.91. The Kier molecular flexibility index (Phi) is 5.06. The lowest BCUT2D eigenvalue weighted by Crippen LogP contribution is -2.17. The van der Waals surface area contributed by atoms with Gasteiger partial charge in [0.25, 0.3) is 0 Å². The van der Waals surface area contributed by atoms with Crippen molar-refractivity contribution in [3.05, 3.63) is 89.3 Å². The van der Waals surface area contributed by atoms with Gasteiger partial charge in [-0.2, -0.15) is 0 Å². The summed E-state index contributed by atoms with van der Waals surface area (Å²) in [6.07, 6.45) is 1.19. The van der Waals surface area contributed by atoms with Crippen LogP contribution in [0, 0.1) is 0 Å². The highest BCUT2D eigenvalue weighted by Gasteiger charge is 2.33. The van der Waals surface area contributed by atoms with E-state index in [2.05, 4.69) is 0 Å². The fourth-order valence-corrected chi connectivity index (χ4v) is 4.32. The van der Waals surface area contributed by atoms with Crippen LogP contribution in [0.3, 0.4) is 0 Å². The van der Waals surface area contributed by atoms with Crippen molar-refractivity contribution in [3.8, 4) is 0 Å². The van der Waals surface area contributed by atoms with Gasteiger partial charge in [-0.25, -0.2) is 8.42 Å². The summed E-state index contributed by atoms with van der Waals surface area (Å²) < 4.78 is 31.4. The van der Waals surface area contributed by atoms with E-state index in [1.165, 1.54) is 30.5 Å². The molecule has 0 fully saturated rings. The molecule has 0 saturated heterocycles. The van der Waals surface area contributed by atoms with Crippen molar-refractivity contribution in [2.24, 2.45) is 0 Å². The minimum Gasteiger partial charge on any atom is -0.468 e. The summed E-state index contributed by atoms with van der Waals surface area (Å²) in [7, 11) is -3.82. The normalized spacial score (nSPS) is 12.7. The Labute approximate surface area is 151 Å². The Balaban J connectivity index is 1.98. The van der Waals surface area contributed by atoms with E-state index in [0.29, 0.717) is 10.6 Å². The zero-order valence-electron chi connectivity index (χ0n) is 13.1. The SMILES string of the molecule is O=C(C[C@@H](c1ccco1)S(=O)(=O)c1ccc(Cl)cc1)c1ccccc1. The van der Waals surface area contributed by atoms with Crippen LogP contribution in [0.5, 0.6) is 0 Å². The largest absolute Gasteiger partial charge is 0.468 e. The Morgan fingerprint density at radius 1 is 0.960 bits per heavy atom. The molecule has 0 saturated carbocycles. The number of carbonyl (C=O) groups is 1. The fourth-order valence-electron chi connectivity index (χ4n) is 2.54. The number of rotatable bonds is 6. The molecule has 128 valence electrons. The zero-order valence-corrected chi connectivity index (χ0v) is 14.7. The molecule has 1 heterocycles. The van der Waals surface area contributed by atoms with Gasteiger partial charge in [-0.1, -0.05) is 41.9 Å². The van der Waals surface area contributed by atoms with E-state index in [4.69, 9.17) is 16.0 Å². The highest BCUT2D eigenvalue weighted by Crippen LogP contribution is 2.33. The molecule has 0 aliphatic heterocycles. The average Bonchev–Trinajstić information content (AvgIpc) is 3.14. The number of carbonyl (C=O) groups excluding carboxylic acids is 1. The molecule has 1 aromatic heterocycles. The van der Waals surface area contributed by atoms with Gasteiger partial charge in [-0.15, -0.1) is 0 Å². The molecule has 0 radical (unpaired) electrons. The number of furan rings is 1. The van der Waals surface area contributed by atoms with E-state index < -0.39 is 15.1 Å². The average molecular weight is 375 g/mol. The fraction of sp³-hybridized carbons (Fsp3) is 0.105. The Hall–Kier alpha value is -2.37. The van der Waals surface area contributed by atoms with E-state index in [-0.39, 0.29) is 22.9 Å². The van der Waals surface area contributed by atoms with E-state index >= 15 is 0 Å². The Morgan fingerprint density at radius 3 is 2.24 bits per heavy atom. The van der Waals surface area contributed by atoms with Gasteiger partial charge in [-0.3, -0.25) is 4.79 Å². The number of Topliss-reactive ketones (excluding diaryl/α,β-unsaturated/α-hetero) is 1. The summed E-state index contributed by atoms with van der Waals surface area (Å²) >= 11 is 5.84. The van der Waals surface area contributed by atoms with Gasteiger partial charge in [0.05, 0.1) is 11.2 Å². The van der Waals surface area contributed by atoms with E-state index in [9.17, 15) is 13.2 Å². The molecule has 0 spiro atoms. The molecule has 0 bridgehead atoms. The van der Waals surface area contributed by atoms with E-state index in [0.717, 1.165) is 0 Å². The third kappa shape index (κ3) is 3.83. The molecule has 0 aliphatic carbocycles. The monoisotopic (exact) mass is 374 g/mol. The first-order chi connectivity index (χ1) is 12.0. The minimum atomic E-state index is -3.82. The number of sulfone groups is 1. The lowest BCUT2D eigenvalue weighted by molar-refractivity contribution is 0.0978. The maximum Gasteiger partial charge on any atom is 0.188 e. The molecule has 6 heteroatoms. The van der Waals surface area contributed by atoms with Crippen LogP contribution in [0.4, 0.5) is 0 Å². The van der Waals surface area contributed by atoms with Crippen LogP contribution in [0.25, 0.3) is 0 Å². The molecule has 2 aromatic carbocycles. The van der Waals surface area contributed by atoms with Crippen molar-refractivity contribution in [2.75, 3.05) is 0 Å².